The summed E-state index contributed by atoms with van der Waals surface area (Å²) in [7, 11) is 0. The Kier molecular flexibility index (Phi) is 8.89. The molecule has 3 aromatic carbocycles. The molecule has 0 bridgehead atoms. The van der Waals surface area contributed by atoms with E-state index in [0.717, 1.165) is 51.8 Å². The molecule has 1 unspecified atom stereocenters. The molecule has 0 saturated carbocycles. The highest BCUT2D eigenvalue weighted by atomic mass is 79.9. The monoisotopic (exact) mass is 643 g/mol. The van der Waals surface area contributed by atoms with Crippen molar-refractivity contribution in [1.82, 2.24) is 9.97 Å². The molecular formula is C35H35BrFN3OS. The minimum Gasteiger partial charge on any atom is -0.454 e. The van der Waals surface area contributed by atoms with Crippen molar-refractivity contribution in [3.8, 4) is 34.4 Å². The number of nitrogens with two attached hydrogens (primary N) is 1. The van der Waals surface area contributed by atoms with Gasteiger partial charge in [0.25, 0.3) is 0 Å². The lowest BCUT2D eigenvalue weighted by Crippen LogP contribution is -2.24. The summed E-state index contributed by atoms with van der Waals surface area (Å²) < 4.78 is 22.2. The summed E-state index contributed by atoms with van der Waals surface area (Å²) in [5, 5.41) is 3.89. The molecule has 0 aliphatic carbocycles. The molecular weight excluding hydrogens is 609 g/mol. The number of H-pyrrole nitrogens is 1. The topological polar surface area (TPSA) is 63.9 Å². The summed E-state index contributed by atoms with van der Waals surface area (Å²) in [6.45, 7) is 6.67. The number of nitrogens with one attached hydrogen (secondary N) is 1. The summed E-state index contributed by atoms with van der Waals surface area (Å²) in [6, 6.07) is 19.4. The maximum absolute atomic E-state index is 15.1. The second-order valence-corrected chi connectivity index (χ2v) is 13.3. The van der Waals surface area contributed by atoms with Crippen molar-refractivity contribution in [2.75, 3.05) is 0 Å². The Bertz CT molecular complexity index is 1750. The lowest BCUT2D eigenvalue weighted by Gasteiger charge is -2.29. The van der Waals surface area contributed by atoms with Crippen molar-refractivity contribution in [3.05, 3.63) is 99.4 Å². The number of thiazole rings is 1. The number of terminal acetylenes is 1. The van der Waals surface area contributed by atoms with Crippen molar-refractivity contribution in [2.24, 2.45) is 11.1 Å². The number of fused-ring (bicyclic) bond motifs is 1. The Morgan fingerprint density at radius 3 is 2.62 bits per heavy atom. The summed E-state index contributed by atoms with van der Waals surface area (Å²) in [5.41, 5.74) is 10.1. The van der Waals surface area contributed by atoms with Crippen LogP contribution in [0, 0.1) is 23.6 Å². The Morgan fingerprint density at radius 2 is 1.86 bits per heavy atom. The predicted octanol–water partition coefficient (Wildman–Crippen LogP) is 9.97. The Balaban J connectivity index is 1.43. The molecule has 5 rings (SSSR count). The normalized spacial score (nSPS) is 13.2. The SMILES string of the molecule is C#CC(C)(C)CCCCC(C)(c1cccc(Br)c1)c1csc(-c2cccc(Oc3c(F)cc4[nH]ccc4c3CN)c2)n1. The van der Waals surface area contributed by atoms with Crippen LogP contribution in [0.5, 0.6) is 11.5 Å². The van der Waals surface area contributed by atoms with Gasteiger partial charge in [0.2, 0.25) is 0 Å². The molecule has 4 nitrogen and oxygen atoms in total. The molecule has 0 aliphatic heterocycles. The highest BCUT2D eigenvalue weighted by Crippen LogP contribution is 2.41. The van der Waals surface area contributed by atoms with E-state index in [1.807, 2.05) is 36.4 Å². The summed E-state index contributed by atoms with van der Waals surface area (Å²) in [6.07, 6.45) is 11.5. The van der Waals surface area contributed by atoms with Gasteiger partial charge in [0, 0.05) is 61.5 Å². The van der Waals surface area contributed by atoms with Crippen LogP contribution in [-0.2, 0) is 12.0 Å². The molecule has 0 fully saturated rings. The minimum absolute atomic E-state index is 0.103. The van der Waals surface area contributed by atoms with Crippen LogP contribution in [0.2, 0.25) is 0 Å². The zero-order valence-electron chi connectivity index (χ0n) is 24.1. The molecule has 1 atom stereocenters. The van der Waals surface area contributed by atoms with Gasteiger partial charge < -0.3 is 15.5 Å². The number of rotatable bonds is 11. The molecule has 7 heteroatoms. The molecule has 0 amide bonds. The van der Waals surface area contributed by atoms with Crippen LogP contribution in [0.3, 0.4) is 0 Å². The van der Waals surface area contributed by atoms with Crippen LogP contribution < -0.4 is 10.5 Å². The highest BCUT2D eigenvalue weighted by Gasteiger charge is 2.32. The van der Waals surface area contributed by atoms with Crippen molar-refractivity contribution in [2.45, 2.75) is 58.4 Å². The van der Waals surface area contributed by atoms with Gasteiger partial charge in [-0.2, -0.15) is 0 Å². The van der Waals surface area contributed by atoms with Gasteiger partial charge in [0.15, 0.2) is 11.6 Å². The van der Waals surface area contributed by atoms with Crippen molar-refractivity contribution in [1.29, 1.82) is 0 Å². The highest BCUT2D eigenvalue weighted by molar-refractivity contribution is 9.10. The molecule has 0 spiro atoms. The van der Waals surface area contributed by atoms with Gasteiger partial charge in [-0.05, 0) is 69.5 Å². The first-order valence-electron chi connectivity index (χ1n) is 14.1. The summed E-state index contributed by atoms with van der Waals surface area (Å²) in [4.78, 5) is 8.20. The summed E-state index contributed by atoms with van der Waals surface area (Å²) in [5.74, 6) is 3.13. The smallest absolute Gasteiger partial charge is 0.168 e. The standard InChI is InChI=1S/C35H35BrFN3OS/c1-5-34(2,3)15-6-7-16-35(4,24-11-9-12-25(36)19-24)31-22-42-33(40-31)23-10-8-13-26(18-23)41-32-28(21-38)27-14-17-39-30(27)20-29(32)37/h1,8-14,17-20,22,39H,6-7,15-16,21,38H2,2-4H3. The van der Waals surface area contributed by atoms with E-state index in [1.54, 1.807) is 17.5 Å². The van der Waals surface area contributed by atoms with Gasteiger partial charge >= 0.3 is 0 Å². The van der Waals surface area contributed by atoms with E-state index in [2.05, 4.69) is 71.2 Å². The third-order valence-electron chi connectivity index (χ3n) is 8.02. The zero-order valence-corrected chi connectivity index (χ0v) is 26.5. The molecule has 0 aliphatic rings. The summed E-state index contributed by atoms with van der Waals surface area (Å²) >= 11 is 5.26. The van der Waals surface area contributed by atoms with Gasteiger partial charge in [0.1, 0.15) is 10.8 Å². The van der Waals surface area contributed by atoms with E-state index in [-0.39, 0.29) is 23.1 Å². The zero-order chi connectivity index (χ0) is 29.9. The molecule has 2 heterocycles. The lowest BCUT2D eigenvalue weighted by atomic mass is 9.75. The minimum atomic E-state index is -0.456. The number of hydrogen-bond donors (Lipinski definition) is 2. The first-order chi connectivity index (χ1) is 20.1. The Morgan fingerprint density at radius 1 is 1.07 bits per heavy atom. The Labute approximate surface area is 259 Å². The maximum Gasteiger partial charge on any atom is 0.168 e. The number of hydrogen-bond acceptors (Lipinski definition) is 4. The van der Waals surface area contributed by atoms with E-state index in [9.17, 15) is 0 Å². The first-order valence-corrected chi connectivity index (χ1v) is 15.8. The molecule has 2 aromatic heterocycles. The second kappa shape index (κ2) is 12.4. The number of benzene rings is 3. The molecule has 5 aromatic rings. The number of halogens is 2. The molecule has 0 radical (unpaired) electrons. The number of aromatic nitrogens is 2. The average Bonchev–Trinajstić information content (AvgIpc) is 3.66. The third kappa shape index (κ3) is 6.32. The van der Waals surface area contributed by atoms with E-state index in [4.69, 9.17) is 21.9 Å². The Hall–Kier alpha value is -3.44. The first kappa shape index (κ1) is 30.0. The number of ether oxygens (including phenoxy) is 1. The van der Waals surface area contributed by atoms with Crippen LogP contribution in [0.4, 0.5) is 4.39 Å². The number of unbranched alkanes of at least 4 members (excludes halogenated alkanes) is 1. The largest absolute Gasteiger partial charge is 0.454 e. The van der Waals surface area contributed by atoms with Gasteiger partial charge in [-0.15, -0.1) is 23.7 Å². The fraction of sp³-hybridized carbons (Fsp3) is 0.286. The van der Waals surface area contributed by atoms with Crippen LogP contribution in [0.15, 0.2) is 76.7 Å². The van der Waals surface area contributed by atoms with E-state index >= 15 is 4.39 Å². The second-order valence-electron chi connectivity index (χ2n) is 11.6. The van der Waals surface area contributed by atoms with Crippen molar-refractivity contribution >= 4 is 38.2 Å². The third-order valence-corrected chi connectivity index (χ3v) is 9.41. The van der Waals surface area contributed by atoms with Gasteiger partial charge in [-0.25, -0.2) is 9.37 Å². The van der Waals surface area contributed by atoms with Crippen molar-refractivity contribution in [3.63, 3.8) is 0 Å². The van der Waals surface area contributed by atoms with Crippen LogP contribution in [0.1, 0.15) is 63.3 Å². The van der Waals surface area contributed by atoms with Crippen molar-refractivity contribution < 1.29 is 9.13 Å². The lowest BCUT2D eigenvalue weighted by molar-refractivity contribution is 0.401. The maximum atomic E-state index is 15.1. The molecule has 3 N–H and O–H groups in total. The predicted molar refractivity (Wildman–Crippen MR) is 175 cm³/mol. The van der Waals surface area contributed by atoms with Gasteiger partial charge in [-0.3, -0.25) is 0 Å². The van der Waals surface area contributed by atoms with E-state index in [1.165, 1.54) is 11.6 Å². The number of aromatic amines is 1. The van der Waals surface area contributed by atoms with Crippen LogP contribution >= 0.6 is 27.3 Å². The number of nitrogens with zero attached hydrogens (tertiary/aromatic N) is 1. The van der Waals surface area contributed by atoms with Crippen LogP contribution in [-0.4, -0.2) is 9.97 Å². The molecule has 0 saturated heterocycles. The fourth-order valence-corrected chi connectivity index (χ4v) is 6.73. The molecule has 216 valence electrons. The molecule has 42 heavy (non-hydrogen) atoms. The fourth-order valence-electron chi connectivity index (χ4n) is 5.38. The average molecular weight is 645 g/mol. The van der Waals surface area contributed by atoms with Gasteiger partial charge in [-0.1, -0.05) is 53.0 Å². The van der Waals surface area contributed by atoms with E-state index < -0.39 is 5.82 Å². The van der Waals surface area contributed by atoms with E-state index in [0.29, 0.717) is 16.8 Å². The van der Waals surface area contributed by atoms with Gasteiger partial charge in [0.05, 0.1) is 5.69 Å². The van der Waals surface area contributed by atoms with Crippen LogP contribution in [0.25, 0.3) is 21.5 Å². The quantitative estimate of drug-likeness (QED) is 0.111.